The lowest BCUT2D eigenvalue weighted by molar-refractivity contribution is 0.303. The third-order valence-corrected chi connectivity index (χ3v) is 3.23. The molecule has 1 saturated carbocycles. The van der Waals surface area contributed by atoms with E-state index in [0.717, 1.165) is 23.2 Å². The Labute approximate surface area is 102 Å². The second-order valence-electron chi connectivity index (χ2n) is 4.38. The molecule has 0 spiro atoms. The van der Waals surface area contributed by atoms with E-state index >= 15 is 0 Å². The van der Waals surface area contributed by atoms with Crippen LogP contribution in [0.1, 0.15) is 19.8 Å². The lowest BCUT2D eigenvalue weighted by atomic mass is 10.2. The molecule has 1 aromatic rings. The molecule has 2 nitrogen and oxygen atoms in total. The van der Waals surface area contributed by atoms with E-state index < -0.39 is 0 Å². The molecule has 0 heterocycles. The highest BCUT2D eigenvalue weighted by molar-refractivity contribution is 6.30. The van der Waals surface area contributed by atoms with Crippen molar-refractivity contribution >= 4 is 11.6 Å². The topological polar surface area (TPSA) is 21.3 Å². The molecule has 0 saturated heterocycles. The second-order valence-corrected chi connectivity index (χ2v) is 4.82. The average Bonchev–Trinajstić information content (AvgIpc) is 3.10. The fourth-order valence-electron chi connectivity index (χ4n) is 1.75. The zero-order valence-corrected chi connectivity index (χ0v) is 10.3. The quantitative estimate of drug-likeness (QED) is 0.771. The Morgan fingerprint density at radius 2 is 2.06 bits per heavy atom. The molecule has 1 atom stereocenters. The number of ether oxygens (including phenoxy) is 1. The summed E-state index contributed by atoms with van der Waals surface area (Å²) in [4.78, 5) is 0. The molecule has 1 N–H and O–H groups in total. The Kier molecular flexibility index (Phi) is 4.08. The monoisotopic (exact) mass is 239 g/mol. The first-order valence-corrected chi connectivity index (χ1v) is 6.25. The molecule has 0 amide bonds. The molecular formula is C13H18ClNO. The lowest BCUT2D eigenvalue weighted by Crippen LogP contribution is -2.31. The predicted molar refractivity (Wildman–Crippen MR) is 67.1 cm³/mol. The Bertz CT molecular complexity index is 321. The van der Waals surface area contributed by atoms with Crippen molar-refractivity contribution in [3.05, 3.63) is 29.3 Å². The number of hydrogen-bond donors (Lipinski definition) is 1. The number of rotatable bonds is 6. The first-order chi connectivity index (χ1) is 7.75. The largest absolute Gasteiger partial charge is 0.492 e. The van der Waals surface area contributed by atoms with E-state index in [1.165, 1.54) is 12.8 Å². The molecule has 16 heavy (non-hydrogen) atoms. The van der Waals surface area contributed by atoms with Crippen LogP contribution in [0.5, 0.6) is 5.75 Å². The van der Waals surface area contributed by atoms with Gasteiger partial charge in [0.15, 0.2) is 0 Å². The van der Waals surface area contributed by atoms with Crippen LogP contribution in [0.3, 0.4) is 0 Å². The Hall–Kier alpha value is -0.730. The number of nitrogens with one attached hydrogen (secondary N) is 1. The minimum Gasteiger partial charge on any atom is -0.492 e. The van der Waals surface area contributed by atoms with E-state index in [1.54, 1.807) is 0 Å². The van der Waals surface area contributed by atoms with Crippen molar-refractivity contribution in [2.75, 3.05) is 13.2 Å². The van der Waals surface area contributed by atoms with Crippen LogP contribution in [0.15, 0.2) is 24.3 Å². The smallest absolute Gasteiger partial charge is 0.119 e. The third kappa shape index (κ3) is 3.69. The summed E-state index contributed by atoms with van der Waals surface area (Å²) in [6, 6.07) is 8.11. The minimum absolute atomic E-state index is 0.633. The summed E-state index contributed by atoms with van der Waals surface area (Å²) in [5.74, 6) is 1.78. The molecule has 3 heteroatoms. The number of benzene rings is 1. The molecule has 1 unspecified atom stereocenters. The van der Waals surface area contributed by atoms with Crippen molar-refractivity contribution in [2.24, 2.45) is 5.92 Å². The van der Waals surface area contributed by atoms with Crippen LogP contribution in [-0.2, 0) is 0 Å². The first kappa shape index (κ1) is 11.7. The zero-order chi connectivity index (χ0) is 11.4. The van der Waals surface area contributed by atoms with Crippen molar-refractivity contribution in [1.29, 1.82) is 0 Å². The van der Waals surface area contributed by atoms with E-state index in [-0.39, 0.29) is 0 Å². The van der Waals surface area contributed by atoms with Crippen LogP contribution in [0.4, 0.5) is 0 Å². The lowest BCUT2D eigenvalue weighted by Gasteiger charge is -2.13. The highest BCUT2D eigenvalue weighted by Gasteiger charge is 2.27. The zero-order valence-electron chi connectivity index (χ0n) is 9.58. The molecule has 1 fully saturated rings. The van der Waals surface area contributed by atoms with Gasteiger partial charge < -0.3 is 10.1 Å². The molecule has 88 valence electrons. The summed E-state index contributed by atoms with van der Waals surface area (Å²) in [5, 5.41) is 4.22. The van der Waals surface area contributed by atoms with Crippen LogP contribution < -0.4 is 10.1 Å². The molecule has 0 radical (unpaired) electrons. The highest BCUT2D eigenvalue weighted by Crippen LogP contribution is 2.32. The molecule has 0 aliphatic heterocycles. The molecule has 1 aliphatic rings. The molecule has 2 rings (SSSR count). The van der Waals surface area contributed by atoms with Gasteiger partial charge in [0.25, 0.3) is 0 Å². The fraction of sp³-hybridized carbons (Fsp3) is 0.538. The summed E-state index contributed by atoms with van der Waals surface area (Å²) in [6.45, 7) is 3.86. The van der Waals surface area contributed by atoms with E-state index in [9.17, 15) is 0 Å². The van der Waals surface area contributed by atoms with Crippen LogP contribution in [0.25, 0.3) is 0 Å². The fourth-order valence-corrected chi connectivity index (χ4v) is 1.88. The van der Waals surface area contributed by atoms with Gasteiger partial charge in [-0.2, -0.15) is 0 Å². The van der Waals surface area contributed by atoms with E-state index in [4.69, 9.17) is 16.3 Å². The van der Waals surface area contributed by atoms with Crippen molar-refractivity contribution < 1.29 is 4.74 Å². The molecule has 1 aliphatic carbocycles. The van der Waals surface area contributed by atoms with Crippen LogP contribution in [0, 0.1) is 5.92 Å². The molecule has 0 aromatic heterocycles. The summed E-state index contributed by atoms with van der Waals surface area (Å²) >= 11 is 5.79. The summed E-state index contributed by atoms with van der Waals surface area (Å²) in [6.07, 6.45) is 2.76. The van der Waals surface area contributed by atoms with Gasteiger partial charge in [0.2, 0.25) is 0 Å². The van der Waals surface area contributed by atoms with Gasteiger partial charge in [-0.25, -0.2) is 0 Å². The standard InChI is InChI=1S/C13H18ClNO/c1-10(11-2-3-11)15-8-9-16-13-6-4-12(14)5-7-13/h4-7,10-11,15H,2-3,8-9H2,1H3. The van der Waals surface area contributed by atoms with Gasteiger partial charge >= 0.3 is 0 Å². The van der Waals surface area contributed by atoms with Gasteiger partial charge in [0.05, 0.1) is 0 Å². The van der Waals surface area contributed by atoms with Crippen LogP contribution >= 0.6 is 11.6 Å². The maximum Gasteiger partial charge on any atom is 0.119 e. The number of halogens is 1. The average molecular weight is 240 g/mol. The Balaban J connectivity index is 1.62. The maximum absolute atomic E-state index is 5.79. The van der Waals surface area contributed by atoms with E-state index in [1.807, 2.05) is 24.3 Å². The summed E-state index contributed by atoms with van der Waals surface area (Å²) < 4.78 is 5.59. The van der Waals surface area contributed by atoms with Gasteiger partial charge in [-0.05, 0) is 49.9 Å². The van der Waals surface area contributed by atoms with Crippen molar-refractivity contribution in [2.45, 2.75) is 25.8 Å². The number of hydrogen-bond acceptors (Lipinski definition) is 2. The van der Waals surface area contributed by atoms with Gasteiger partial charge in [0, 0.05) is 17.6 Å². The Morgan fingerprint density at radius 1 is 1.38 bits per heavy atom. The molecule has 0 bridgehead atoms. The Morgan fingerprint density at radius 3 is 2.69 bits per heavy atom. The van der Waals surface area contributed by atoms with Crippen molar-refractivity contribution in [3.63, 3.8) is 0 Å². The molecular weight excluding hydrogens is 222 g/mol. The SMILES string of the molecule is CC(NCCOc1ccc(Cl)cc1)C1CC1. The highest BCUT2D eigenvalue weighted by atomic mass is 35.5. The van der Waals surface area contributed by atoms with Gasteiger partial charge in [0.1, 0.15) is 12.4 Å². The van der Waals surface area contributed by atoms with E-state index in [2.05, 4.69) is 12.2 Å². The van der Waals surface area contributed by atoms with E-state index in [0.29, 0.717) is 12.6 Å². The van der Waals surface area contributed by atoms with Gasteiger partial charge in [-0.3, -0.25) is 0 Å². The second kappa shape index (κ2) is 5.55. The minimum atomic E-state index is 0.633. The van der Waals surface area contributed by atoms with Crippen LogP contribution in [-0.4, -0.2) is 19.2 Å². The molecule has 1 aromatic carbocycles. The first-order valence-electron chi connectivity index (χ1n) is 5.87. The normalized spacial score (nSPS) is 17.1. The van der Waals surface area contributed by atoms with Crippen LogP contribution in [0.2, 0.25) is 5.02 Å². The van der Waals surface area contributed by atoms with Gasteiger partial charge in [-0.15, -0.1) is 0 Å². The summed E-state index contributed by atoms with van der Waals surface area (Å²) in [7, 11) is 0. The maximum atomic E-state index is 5.79. The van der Waals surface area contributed by atoms with Gasteiger partial charge in [-0.1, -0.05) is 11.6 Å². The predicted octanol–water partition coefficient (Wildman–Crippen LogP) is 3.11. The third-order valence-electron chi connectivity index (χ3n) is 2.98. The van der Waals surface area contributed by atoms with Crippen molar-refractivity contribution in [1.82, 2.24) is 5.32 Å². The summed E-state index contributed by atoms with van der Waals surface area (Å²) in [5.41, 5.74) is 0. The van der Waals surface area contributed by atoms with Crippen molar-refractivity contribution in [3.8, 4) is 5.75 Å².